The van der Waals surface area contributed by atoms with Gasteiger partial charge in [-0.05, 0) is 29.8 Å². The van der Waals surface area contributed by atoms with Crippen LogP contribution in [0.3, 0.4) is 0 Å². The summed E-state index contributed by atoms with van der Waals surface area (Å²) in [6.07, 6.45) is 1.79. The van der Waals surface area contributed by atoms with E-state index >= 15 is 0 Å². The molecular formula is C14H16N2O. The summed E-state index contributed by atoms with van der Waals surface area (Å²) >= 11 is 0. The van der Waals surface area contributed by atoms with Crippen molar-refractivity contribution in [1.29, 1.82) is 0 Å². The Hall–Kier alpha value is -1.87. The van der Waals surface area contributed by atoms with Gasteiger partial charge in [0.25, 0.3) is 0 Å². The van der Waals surface area contributed by atoms with E-state index in [1.165, 1.54) is 0 Å². The molecule has 3 nitrogen and oxygen atoms in total. The van der Waals surface area contributed by atoms with Crippen molar-refractivity contribution in [2.45, 2.75) is 5.92 Å². The smallest absolute Gasteiger partial charge is 0.119 e. The molecule has 0 bridgehead atoms. The van der Waals surface area contributed by atoms with E-state index < -0.39 is 0 Å². The quantitative estimate of drug-likeness (QED) is 0.872. The van der Waals surface area contributed by atoms with E-state index in [2.05, 4.69) is 11.1 Å². The standard InChI is InChI=1S/C14H16N2O/c1-17-12-6-4-5-11(9-12)13(10-15)14-7-2-3-8-16-14/h2-9,13H,10,15H2,1H3. The zero-order valence-corrected chi connectivity index (χ0v) is 9.84. The molecule has 2 N–H and O–H groups in total. The molecule has 1 aromatic carbocycles. The van der Waals surface area contributed by atoms with Gasteiger partial charge in [-0.2, -0.15) is 0 Å². The Morgan fingerprint density at radius 1 is 1.24 bits per heavy atom. The van der Waals surface area contributed by atoms with Crippen molar-refractivity contribution in [3.8, 4) is 5.75 Å². The Labute approximate surface area is 101 Å². The second-order valence-electron chi connectivity index (χ2n) is 3.82. The summed E-state index contributed by atoms with van der Waals surface area (Å²) in [6.45, 7) is 0.532. The number of benzene rings is 1. The van der Waals surface area contributed by atoms with Crippen molar-refractivity contribution in [2.24, 2.45) is 5.73 Å². The van der Waals surface area contributed by atoms with Crippen LogP contribution in [0.2, 0.25) is 0 Å². The molecule has 1 unspecified atom stereocenters. The second-order valence-corrected chi connectivity index (χ2v) is 3.82. The van der Waals surface area contributed by atoms with Gasteiger partial charge in [-0.25, -0.2) is 0 Å². The molecule has 0 amide bonds. The summed E-state index contributed by atoms with van der Waals surface area (Å²) < 4.78 is 5.22. The van der Waals surface area contributed by atoms with Gasteiger partial charge < -0.3 is 10.5 Å². The first kappa shape index (κ1) is 11.6. The van der Waals surface area contributed by atoms with Gasteiger partial charge in [-0.3, -0.25) is 4.98 Å². The Morgan fingerprint density at radius 2 is 2.12 bits per heavy atom. The molecule has 3 heteroatoms. The highest BCUT2D eigenvalue weighted by Crippen LogP contribution is 2.24. The zero-order chi connectivity index (χ0) is 12.1. The van der Waals surface area contributed by atoms with Gasteiger partial charge in [0.15, 0.2) is 0 Å². The monoisotopic (exact) mass is 228 g/mol. The number of aromatic nitrogens is 1. The molecule has 0 radical (unpaired) electrons. The molecule has 0 aliphatic heterocycles. The van der Waals surface area contributed by atoms with Gasteiger partial charge >= 0.3 is 0 Å². The van der Waals surface area contributed by atoms with Gasteiger partial charge in [0.2, 0.25) is 0 Å². The van der Waals surface area contributed by atoms with Crippen LogP contribution < -0.4 is 10.5 Å². The number of nitrogens with zero attached hydrogens (tertiary/aromatic N) is 1. The lowest BCUT2D eigenvalue weighted by molar-refractivity contribution is 0.414. The van der Waals surface area contributed by atoms with Crippen LogP contribution in [-0.2, 0) is 0 Å². The lowest BCUT2D eigenvalue weighted by Gasteiger charge is -2.15. The van der Waals surface area contributed by atoms with Gasteiger partial charge in [0, 0.05) is 24.4 Å². The van der Waals surface area contributed by atoms with E-state index in [1.807, 2.05) is 36.4 Å². The predicted octanol–water partition coefficient (Wildman–Crippen LogP) is 2.18. The van der Waals surface area contributed by atoms with Crippen LogP contribution >= 0.6 is 0 Å². The highest BCUT2D eigenvalue weighted by Gasteiger charge is 2.13. The van der Waals surface area contributed by atoms with Crippen molar-refractivity contribution in [3.63, 3.8) is 0 Å². The van der Waals surface area contributed by atoms with Gasteiger partial charge in [0.1, 0.15) is 5.75 Å². The summed E-state index contributed by atoms with van der Waals surface area (Å²) in [5, 5.41) is 0. The SMILES string of the molecule is COc1cccc(C(CN)c2ccccn2)c1. The average Bonchev–Trinajstić information content (AvgIpc) is 2.41. The molecule has 1 atom stereocenters. The Bertz CT molecular complexity index is 471. The first-order chi connectivity index (χ1) is 8.35. The minimum atomic E-state index is 0.117. The first-order valence-electron chi connectivity index (χ1n) is 5.60. The molecule has 0 spiro atoms. The minimum absolute atomic E-state index is 0.117. The molecule has 0 aliphatic carbocycles. The maximum atomic E-state index is 5.85. The summed E-state index contributed by atoms with van der Waals surface area (Å²) in [4.78, 5) is 4.36. The van der Waals surface area contributed by atoms with E-state index in [4.69, 9.17) is 10.5 Å². The second kappa shape index (κ2) is 5.46. The van der Waals surface area contributed by atoms with Crippen LogP contribution in [0.4, 0.5) is 0 Å². The fraction of sp³-hybridized carbons (Fsp3) is 0.214. The van der Waals surface area contributed by atoms with E-state index in [0.29, 0.717) is 6.54 Å². The molecule has 1 heterocycles. The van der Waals surface area contributed by atoms with Crippen molar-refractivity contribution in [2.75, 3.05) is 13.7 Å². The zero-order valence-electron chi connectivity index (χ0n) is 9.84. The van der Waals surface area contributed by atoms with Crippen molar-refractivity contribution in [3.05, 3.63) is 59.9 Å². The number of hydrogen-bond donors (Lipinski definition) is 1. The number of methoxy groups -OCH3 is 1. The number of nitrogens with two attached hydrogens (primary N) is 1. The third-order valence-corrected chi connectivity index (χ3v) is 2.78. The molecular weight excluding hydrogens is 212 g/mol. The Morgan fingerprint density at radius 3 is 2.76 bits per heavy atom. The normalized spacial score (nSPS) is 12.1. The molecule has 0 saturated carbocycles. The largest absolute Gasteiger partial charge is 0.497 e. The summed E-state index contributed by atoms with van der Waals surface area (Å²) in [5.74, 6) is 0.961. The van der Waals surface area contributed by atoms with E-state index in [-0.39, 0.29) is 5.92 Å². The van der Waals surface area contributed by atoms with Crippen molar-refractivity contribution < 1.29 is 4.74 Å². The van der Waals surface area contributed by atoms with Crippen LogP contribution in [0, 0.1) is 0 Å². The summed E-state index contributed by atoms with van der Waals surface area (Å²) in [6, 6.07) is 13.8. The highest BCUT2D eigenvalue weighted by molar-refractivity contribution is 5.35. The number of ether oxygens (including phenoxy) is 1. The maximum absolute atomic E-state index is 5.85. The molecule has 0 fully saturated rings. The third-order valence-electron chi connectivity index (χ3n) is 2.78. The van der Waals surface area contributed by atoms with Crippen molar-refractivity contribution in [1.82, 2.24) is 4.98 Å². The molecule has 0 saturated heterocycles. The van der Waals surface area contributed by atoms with Crippen LogP contribution in [-0.4, -0.2) is 18.6 Å². The molecule has 1 aromatic heterocycles. The van der Waals surface area contributed by atoms with E-state index in [0.717, 1.165) is 17.0 Å². The topological polar surface area (TPSA) is 48.1 Å². The predicted molar refractivity (Wildman–Crippen MR) is 68.1 cm³/mol. The van der Waals surface area contributed by atoms with Crippen LogP contribution in [0.25, 0.3) is 0 Å². The number of rotatable bonds is 4. The molecule has 2 rings (SSSR count). The third kappa shape index (κ3) is 2.63. The van der Waals surface area contributed by atoms with E-state index in [1.54, 1.807) is 13.3 Å². The Balaban J connectivity index is 2.35. The fourth-order valence-electron chi connectivity index (χ4n) is 1.87. The summed E-state index contributed by atoms with van der Waals surface area (Å²) in [5.41, 5.74) is 7.97. The van der Waals surface area contributed by atoms with Crippen LogP contribution in [0.1, 0.15) is 17.2 Å². The first-order valence-corrected chi connectivity index (χ1v) is 5.60. The highest BCUT2D eigenvalue weighted by atomic mass is 16.5. The van der Waals surface area contributed by atoms with Crippen molar-refractivity contribution >= 4 is 0 Å². The van der Waals surface area contributed by atoms with Gasteiger partial charge in [-0.1, -0.05) is 18.2 Å². The number of pyridine rings is 1. The molecule has 2 aromatic rings. The molecule has 88 valence electrons. The number of hydrogen-bond acceptors (Lipinski definition) is 3. The minimum Gasteiger partial charge on any atom is -0.497 e. The van der Waals surface area contributed by atoms with Gasteiger partial charge in [-0.15, -0.1) is 0 Å². The summed E-state index contributed by atoms with van der Waals surface area (Å²) in [7, 11) is 1.66. The molecule has 0 aliphatic rings. The Kier molecular flexibility index (Phi) is 3.73. The van der Waals surface area contributed by atoms with Crippen LogP contribution in [0.5, 0.6) is 5.75 Å². The lowest BCUT2D eigenvalue weighted by atomic mass is 9.95. The maximum Gasteiger partial charge on any atom is 0.119 e. The fourth-order valence-corrected chi connectivity index (χ4v) is 1.87. The average molecular weight is 228 g/mol. The lowest BCUT2D eigenvalue weighted by Crippen LogP contribution is -2.15. The van der Waals surface area contributed by atoms with Crippen LogP contribution in [0.15, 0.2) is 48.7 Å². The molecule has 17 heavy (non-hydrogen) atoms. The van der Waals surface area contributed by atoms with Gasteiger partial charge in [0.05, 0.1) is 7.11 Å². The van der Waals surface area contributed by atoms with E-state index in [9.17, 15) is 0 Å².